The number of Topliss-reactive ketones (excluding diaryl/α,β-unsaturated/α-hetero) is 1. The molecule has 1 aromatic heterocycles. The van der Waals surface area contributed by atoms with E-state index in [9.17, 15) is 14.4 Å². The molecule has 2 atom stereocenters. The number of nitrogens with zero attached hydrogens (tertiary/aromatic N) is 1. The SMILES string of the molecule is CCCC(NC(=O)C1CSC(C(C)=O)=N1)c1cccc(=O)o1. The number of thioether (sulfide) groups is 1. The third-order valence-corrected chi connectivity index (χ3v) is 4.35. The van der Waals surface area contributed by atoms with E-state index >= 15 is 0 Å². The maximum Gasteiger partial charge on any atom is 0.335 e. The summed E-state index contributed by atoms with van der Waals surface area (Å²) in [6, 6.07) is 3.67. The van der Waals surface area contributed by atoms with Gasteiger partial charge in [0.1, 0.15) is 16.8 Å². The van der Waals surface area contributed by atoms with Crippen LogP contribution in [0, 0.1) is 0 Å². The van der Waals surface area contributed by atoms with Gasteiger partial charge in [0.05, 0.1) is 6.04 Å². The highest BCUT2D eigenvalue weighted by atomic mass is 32.2. The average molecular weight is 322 g/mol. The minimum Gasteiger partial charge on any atom is -0.426 e. The zero-order chi connectivity index (χ0) is 16.1. The molecule has 1 aromatic rings. The summed E-state index contributed by atoms with van der Waals surface area (Å²) < 4.78 is 5.15. The van der Waals surface area contributed by atoms with Crippen LogP contribution in [-0.4, -0.2) is 28.5 Å². The zero-order valence-corrected chi connectivity index (χ0v) is 13.3. The van der Waals surface area contributed by atoms with E-state index in [2.05, 4.69) is 10.3 Å². The molecule has 2 unspecified atom stereocenters. The Morgan fingerprint density at radius 3 is 2.86 bits per heavy atom. The first kappa shape index (κ1) is 16.5. The lowest BCUT2D eigenvalue weighted by Crippen LogP contribution is -2.36. The van der Waals surface area contributed by atoms with Crippen LogP contribution in [0.1, 0.15) is 38.5 Å². The van der Waals surface area contributed by atoms with Crippen molar-refractivity contribution in [3.63, 3.8) is 0 Å². The molecule has 6 nitrogen and oxygen atoms in total. The van der Waals surface area contributed by atoms with Gasteiger partial charge in [0.15, 0.2) is 5.78 Å². The fourth-order valence-electron chi connectivity index (χ4n) is 2.14. The molecule has 0 aliphatic carbocycles. The molecule has 0 saturated carbocycles. The van der Waals surface area contributed by atoms with E-state index in [4.69, 9.17) is 4.42 Å². The van der Waals surface area contributed by atoms with Crippen LogP contribution < -0.4 is 10.9 Å². The molecule has 0 bridgehead atoms. The Morgan fingerprint density at radius 1 is 1.50 bits per heavy atom. The predicted molar refractivity (Wildman–Crippen MR) is 85.1 cm³/mol. The van der Waals surface area contributed by atoms with Crippen LogP contribution in [0.5, 0.6) is 0 Å². The first-order valence-corrected chi connectivity index (χ1v) is 8.11. The highest BCUT2D eigenvalue weighted by Gasteiger charge is 2.29. The molecule has 2 rings (SSSR count). The lowest BCUT2D eigenvalue weighted by atomic mass is 10.1. The summed E-state index contributed by atoms with van der Waals surface area (Å²) in [4.78, 5) is 39.0. The van der Waals surface area contributed by atoms with Gasteiger partial charge in [-0.25, -0.2) is 4.79 Å². The molecule has 0 aromatic carbocycles. The Morgan fingerprint density at radius 2 is 2.27 bits per heavy atom. The highest BCUT2D eigenvalue weighted by molar-refractivity contribution is 8.16. The molecule has 22 heavy (non-hydrogen) atoms. The number of aliphatic imine (C=N–C) groups is 1. The molecular weight excluding hydrogens is 304 g/mol. The molecule has 7 heteroatoms. The standard InChI is InChI=1S/C15H18N2O4S/c1-3-5-10(12-6-4-7-13(19)21-12)16-14(20)11-8-22-15(17-11)9(2)18/h4,6-7,10-11H,3,5,8H2,1-2H3,(H,16,20). The Hall–Kier alpha value is -1.89. The zero-order valence-electron chi connectivity index (χ0n) is 12.5. The van der Waals surface area contributed by atoms with Crippen molar-refractivity contribution in [2.24, 2.45) is 4.99 Å². The van der Waals surface area contributed by atoms with Crippen LogP contribution >= 0.6 is 11.8 Å². The second-order valence-corrected chi connectivity index (χ2v) is 6.03. The van der Waals surface area contributed by atoms with Crippen molar-refractivity contribution in [1.29, 1.82) is 0 Å². The number of hydrogen-bond acceptors (Lipinski definition) is 6. The van der Waals surface area contributed by atoms with Gasteiger partial charge >= 0.3 is 5.63 Å². The molecule has 1 amide bonds. The normalized spacial score (nSPS) is 18.6. The monoisotopic (exact) mass is 322 g/mol. The molecule has 1 N–H and O–H groups in total. The topological polar surface area (TPSA) is 88.7 Å². The lowest BCUT2D eigenvalue weighted by molar-refractivity contribution is -0.122. The Labute approximate surface area is 132 Å². The summed E-state index contributed by atoms with van der Waals surface area (Å²) in [5.41, 5.74) is -0.443. The first-order chi connectivity index (χ1) is 10.5. The van der Waals surface area contributed by atoms with Gasteiger partial charge in [-0.2, -0.15) is 0 Å². The minimum atomic E-state index is -0.571. The van der Waals surface area contributed by atoms with E-state index in [1.807, 2.05) is 6.92 Å². The summed E-state index contributed by atoms with van der Waals surface area (Å²) in [6.07, 6.45) is 1.48. The van der Waals surface area contributed by atoms with Crippen LogP contribution in [0.4, 0.5) is 0 Å². The quantitative estimate of drug-likeness (QED) is 0.861. The second kappa shape index (κ2) is 7.40. The summed E-state index contributed by atoms with van der Waals surface area (Å²) in [5, 5.41) is 3.25. The molecular formula is C15H18N2O4S. The summed E-state index contributed by atoms with van der Waals surface area (Å²) >= 11 is 1.29. The van der Waals surface area contributed by atoms with Gasteiger partial charge in [0.25, 0.3) is 0 Å². The van der Waals surface area contributed by atoms with E-state index in [1.54, 1.807) is 12.1 Å². The number of ketones is 1. The van der Waals surface area contributed by atoms with Crippen molar-refractivity contribution in [2.45, 2.75) is 38.8 Å². The highest BCUT2D eigenvalue weighted by Crippen LogP contribution is 2.21. The van der Waals surface area contributed by atoms with Gasteiger partial charge < -0.3 is 9.73 Å². The number of carbonyl (C=O) groups excluding carboxylic acids is 2. The fourth-order valence-corrected chi connectivity index (χ4v) is 3.08. The van der Waals surface area contributed by atoms with E-state index in [0.717, 1.165) is 6.42 Å². The molecule has 1 aliphatic heterocycles. The van der Waals surface area contributed by atoms with Gasteiger partial charge in [-0.1, -0.05) is 19.4 Å². The van der Waals surface area contributed by atoms with Crippen molar-refractivity contribution in [1.82, 2.24) is 5.32 Å². The van der Waals surface area contributed by atoms with Gasteiger partial charge in [0, 0.05) is 18.7 Å². The van der Waals surface area contributed by atoms with Crippen LogP contribution in [0.15, 0.2) is 32.4 Å². The van der Waals surface area contributed by atoms with E-state index < -0.39 is 11.7 Å². The minimum absolute atomic E-state index is 0.125. The number of carbonyl (C=O) groups is 2. The Balaban J connectivity index is 2.10. The largest absolute Gasteiger partial charge is 0.426 e. The summed E-state index contributed by atoms with van der Waals surface area (Å²) in [6.45, 7) is 3.42. The van der Waals surface area contributed by atoms with Crippen molar-refractivity contribution in [3.05, 3.63) is 34.4 Å². The van der Waals surface area contributed by atoms with E-state index in [1.165, 1.54) is 24.8 Å². The van der Waals surface area contributed by atoms with Crippen LogP contribution in [0.3, 0.4) is 0 Å². The van der Waals surface area contributed by atoms with Crippen molar-refractivity contribution >= 4 is 28.5 Å². The molecule has 0 saturated heterocycles. The number of hydrogen-bond donors (Lipinski definition) is 1. The lowest BCUT2D eigenvalue weighted by Gasteiger charge is -2.18. The van der Waals surface area contributed by atoms with Gasteiger partial charge in [-0.05, 0) is 12.5 Å². The molecule has 0 spiro atoms. The third kappa shape index (κ3) is 4.07. The number of amides is 1. The first-order valence-electron chi connectivity index (χ1n) is 7.13. The Bertz CT molecular complexity index is 653. The van der Waals surface area contributed by atoms with Crippen LogP contribution in [-0.2, 0) is 9.59 Å². The molecule has 2 heterocycles. The van der Waals surface area contributed by atoms with Crippen LogP contribution in [0.25, 0.3) is 0 Å². The summed E-state index contributed by atoms with van der Waals surface area (Å²) in [5.74, 6) is 0.510. The molecule has 0 fully saturated rings. The van der Waals surface area contributed by atoms with Crippen molar-refractivity contribution in [3.8, 4) is 0 Å². The smallest absolute Gasteiger partial charge is 0.335 e. The average Bonchev–Trinajstić information content (AvgIpc) is 2.97. The summed E-state index contributed by atoms with van der Waals surface area (Å²) in [7, 11) is 0. The molecule has 1 aliphatic rings. The number of rotatable bonds is 6. The maximum atomic E-state index is 12.3. The Kier molecular flexibility index (Phi) is 5.54. The van der Waals surface area contributed by atoms with Crippen molar-refractivity contribution in [2.75, 3.05) is 5.75 Å². The van der Waals surface area contributed by atoms with E-state index in [0.29, 0.717) is 23.0 Å². The molecule has 0 radical (unpaired) electrons. The molecule has 118 valence electrons. The predicted octanol–water partition coefficient (Wildman–Crippen LogP) is 1.70. The second-order valence-electron chi connectivity index (χ2n) is 5.02. The fraction of sp³-hybridized carbons (Fsp3) is 0.467. The third-order valence-electron chi connectivity index (χ3n) is 3.20. The number of nitrogens with one attached hydrogen (secondary N) is 1. The van der Waals surface area contributed by atoms with Gasteiger partial charge in [-0.3, -0.25) is 14.6 Å². The van der Waals surface area contributed by atoms with E-state index in [-0.39, 0.29) is 17.7 Å². The van der Waals surface area contributed by atoms with Gasteiger partial charge in [-0.15, -0.1) is 11.8 Å². The maximum absolute atomic E-state index is 12.3. The van der Waals surface area contributed by atoms with Crippen molar-refractivity contribution < 1.29 is 14.0 Å². The van der Waals surface area contributed by atoms with Crippen LogP contribution in [0.2, 0.25) is 0 Å². The van der Waals surface area contributed by atoms with Gasteiger partial charge in [0.2, 0.25) is 5.91 Å².